The number of nitrogens with zero attached hydrogens (tertiary/aromatic N) is 8. The van der Waals surface area contributed by atoms with E-state index in [2.05, 4.69) is 98.9 Å². The third kappa shape index (κ3) is 5.30. The van der Waals surface area contributed by atoms with Crippen LogP contribution in [0.25, 0.3) is 10.2 Å². The van der Waals surface area contributed by atoms with Crippen LogP contribution < -0.4 is 14.5 Å². The molecule has 0 spiro atoms. The molecule has 0 radical (unpaired) electrons. The molecule has 3 aromatic carbocycles. The summed E-state index contributed by atoms with van der Waals surface area (Å²) >= 11 is 1.76. The lowest BCUT2D eigenvalue weighted by molar-refractivity contribution is 0.201. The monoisotopic (exact) mass is 540 g/mol. The van der Waals surface area contributed by atoms with Gasteiger partial charge in [0.1, 0.15) is 5.75 Å². The van der Waals surface area contributed by atoms with E-state index >= 15 is 0 Å². The van der Waals surface area contributed by atoms with Gasteiger partial charge in [-0.25, -0.2) is 9.67 Å². The van der Waals surface area contributed by atoms with Crippen LogP contribution in [0.5, 0.6) is 5.75 Å². The Hall–Kier alpha value is -4.02. The quantitative estimate of drug-likeness (QED) is 0.288. The molecule has 1 aliphatic heterocycles. The molecule has 0 bridgehead atoms. The van der Waals surface area contributed by atoms with Crippen molar-refractivity contribution < 1.29 is 4.74 Å². The van der Waals surface area contributed by atoms with Crippen LogP contribution in [0.15, 0.2) is 72.8 Å². The molecule has 1 aliphatic rings. The highest BCUT2D eigenvalue weighted by atomic mass is 32.1. The van der Waals surface area contributed by atoms with Gasteiger partial charge < -0.3 is 14.5 Å². The van der Waals surface area contributed by atoms with Crippen LogP contribution >= 0.6 is 11.3 Å². The van der Waals surface area contributed by atoms with E-state index in [1.807, 2.05) is 22.9 Å². The van der Waals surface area contributed by atoms with Crippen molar-refractivity contribution in [2.45, 2.75) is 12.6 Å². The average Bonchev–Trinajstić information content (AvgIpc) is 3.61. The van der Waals surface area contributed by atoms with E-state index in [9.17, 15) is 0 Å². The van der Waals surface area contributed by atoms with Crippen LogP contribution in [0, 0.1) is 0 Å². The first kappa shape index (κ1) is 25.3. The highest BCUT2D eigenvalue weighted by Gasteiger charge is 2.31. The summed E-state index contributed by atoms with van der Waals surface area (Å²) < 4.78 is 8.47. The summed E-state index contributed by atoms with van der Waals surface area (Å²) in [6.45, 7) is 4.14. The van der Waals surface area contributed by atoms with Crippen molar-refractivity contribution in [1.82, 2.24) is 30.1 Å². The topological polar surface area (TPSA) is 75.4 Å². The first-order chi connectivity index (χ1) is 19.1. The van der Waals surface area contributed by atoms with Crippen molar-refractivity contribution in [3.8, 4) is 5.75 Å². The van der Waals surface area contributed by atoms with Crippen LogP contribution in [-0.2, 0) is 6.54 Å². The number of rotatable bonds is 8. The summed E-state index contributed by atoms with van der Waals surface area (Å²) in [5, 5.41) is 14.2. The molecule has 1 saturated heterocycles. The molecule has 0 N–H and O–H groups in total. The predicted octanol–water partition coefficient (Wildman–Crippen LogP) is 4.32. The Morgan fingerprint density at radius 1 is 0.923 bits per heavy atom. The number of anilines is 2. The molecule has 6 rings (SSSR count). The third-order valence-electron chi connectivity index (χ3n) is 7.25. The maximum absolute atomic E-state index is 5.32. The van der Waals surface area contributed by atoms with E-state index in [1.54, 1.807) is 18.4 Å². The average molecular weight is 541 g/mol. The number of tetrazole rings is 1. The lowest BCUT2D eigenvalue weighted by atomic mass is 10.0. The van der Waals surface area contributed by atoms with Gasteiger partial charge in [-0.15, -0.1) is 5.10 Å². The van der Waals surface area contributed by atoms with Crippen LogP contribution in [-0.4, -0.2) is 77.5 Å². The molecule has 9 nitrogen and oxygen atoms in total. The van der Waals surface area contributed by atoms with E-state index in [1.165, 1.54) is 10.3 Å². The van der Waals surface area contributed by atoms with Crippen LogP contribution in [0.2, 0.25) is 0 Å². The molecule has 1 fully saturated rings. The molecule has 10 heteroatoms. The molecule has 0 aliphatic carbocycles. The number of benzene rings is 3. The Kier molecular flexibility index (Phi) is 7.12. The number of para-hydroxylation sites is 1. The van der Waals surface area contributed by atoms with Gasteiger partial charge in [0.2, 0.25) is 0 Å². The van der Waals surface area contributed by atoms with Gasteiger partial charge in [0, 0.05) is 46.0 Å². The third-order valence-corrected chi connectivity index (χ3v) is 8.35. The predicted molar refractivity (Wildman–Crippen MR) is 156 cm³/mol. The normalized spacial score (nSPS) is 15.0. The molecule has 1 atom stereocenters. The van der Waals surface area contributed by atoms with Crippen molar-refractivity contribution >= 4 is 32.4 Å². The molecule has 3 heterocycles. The second-order valence-corrected chi connectivity index (χ2v) is 10.9. The molecule has 1 unspecified atom stereocenters. The van der Waals surface area contributed by atoms with Gasteiger partial charge in [-0.2, -0.15) is 0 Å². The maximum Gasteiger partial charge on any atom is 0.186 e. The molecular formula is C29H32N8OS. The van der Waals surface area contributed by atoms with E-state index < -0.39 is 0 Å². The fourth-order valence-corrected chi connectivity index (χ4v) is 6.09. The van der Waals surface area contributed by atoms with Crippen LogP contribution in [0.3, 0.4) is 0 Å². The highest BCUT2D eigenvalue weighted by molar-refractivity contribution is 7.22. The van der Waals surface area contributed by atoms with Crippen molar-refractivity contribution in [3.05, 3.63) is 89.7 Å². The summed E-state index contributed by atoms with van der Waals surface area (Å²) in [4.78, 5) is 11.9. The Balaban J connectivity index is 1.27. The van der Waals surface area contributed by atoms with Gasteiger partial charge in [-0.3, -0.25) is 4.90 Å². The smallest absolute Gasteiger partial charge is 0.186 e. The van der Waals surface area contributed by atoms with Gasteiger partial charge in [0.15, 0.2) is 11.0 Å². The first-order valence-electron chi connectivity index (χ1n) is 13.1. The van der Waals surface area contributed by atoms with Gasteiger partial charge in [0.25, 0.3) is 0 Å². The minimum atomic E-state index is -0.0630. The minimum absolute atomic E-state index is 0.0630. The first-order valence-corrected chi connectivity index (χ1v) is 13.9. The van der Waals surface area contributed by atoms with Gasteiger partial charge in [-0.05, 0) is 58.0 Å². The summed E-state index contributed by atoms with van der Waals surface area (Å²) in [6, 6.07) is 25.1. The Morgan fingerprint density at radius 2 is 1.67 bits per heavy atom. The zero-order valence-electron chi connectivity index (χ0n) is 22.4. The lowest BCUT2D eigenvalue weighted by Crippen LogP contribution is -2.48. The fraction of sp³-hybridized carbons (Fsp3) is 0.310. The van der Waals surface area contributed by atoms with Gasteiger partial charge in [-0.1, -0.05) is 47.7 Å². The largest absolute Gasteiger partial charge is 0.497 e. The number of piperazine rings is 1. The number of hydrogen-bond donors (Lipinski definition) is 0. The van der Waals surface area contributed by atoms with E-state index in [-0.39, 0.29) is 6.04 Å². The molecule has 0 amide bonds. The Labute approximate surface area is 232 Å². The standard InChI is InChI=1S/C29H32N8OS/c1-34(2)23-12-10-22(11-13-23)27(28-31-32-33-37(28)20-21-8-14-24(38-3)15-9-21)35-16-18-36(19-17-35)29-30-25-6-4-5-7-26(25)39-29/h4-15,27H,16-20H2,1-3H3. The fourth-order valence-electron chi connectivity index (χ4n) is 5.07. The van der Waals surface area contributed by atoms with Crippen molar-refractivity contribution in [1.29, 1.82) is 0 Å². The van der Waals surface area contributed by atoms with E-state index in [0.29, 0.717) is 6.54 Å². The molecule has 200 valence electrons. The molecule has 5 aromatic rings. The molecular weight excluding hydrogens is 508 g/mol. The molecule has 0 saturated carbocycles. The van der Waals surface area contributed by atoms with Crippen LogP contribution in [0.4, 0.5) is 10.8 Å². The minimum Gasteiger partial charge on any atom is -0.497 e. The number of ether oxygens (including phenoxy) is 1. The zero-order chi connectivity index (χ0) is 26.8. The van der Waals surface area contributed by atoms with Crippen molar-refractivity contribution in [2.75, 3.05) is 57.2 Å². The molecule has 2 aromatic heterocycles. The summed E-state index contributed by atoms with van der Waals surface area (Å²) in [5.74, 6) is 1.68. The Morgan fingerprint density at radius 3 is 2.36 bits per heavy atom. The Bertz CT molecular complexity index is 1490. The number of fused-ring (bicyclic) bond motifs is 1. The summed E-state index contributed by atoms with van der Waals surface area (Å²) in [7, 11) is 5.80. The second kappa shape index (κ2) is 11.0. The van der Waals surface area contributed by atoms with Crippen LogP contribution in [0.1, 0.15) is 23.0 Å². The summed E-state index contributed by atoms with van der Waals surface area (Å²) in [5.41, 5.74) is 4.53. The lowest BCUT2D eigenvalue weighted by Gasteiger charge is -2.39. The van der Waals surface area contributed by atoms with E-state index in [4.69, 9.17) is 9.72 Å². The van der Waals surface area contributed by atoms with Gasteiger partial charge >= 0.3 is 0 Å². The van der Waals surface area contributed by atoms with Crippen molar-refractivity contribution in [3.63, 3.8) is 0 Å². The molecule has 39 heavy (non-hydrogen) atoms. The summed E-state index contributed by atoms with van der Waals surface area (Å²) in [6.07, 6.45) is 0. The highest BCUT2D eigenvalue weighted by Crippen LogP contribution is 2.33. The number of methoxy groups -OCH3 is 1. The van der Waals surface area contributed by atoms with E-state index in [0.717, 1.165) is 59.7 Å². The van der Waals surface area contributed by atoms with Crippen molar-refractivity contribution in [2.24, 2.45) is 0 Å². The second-order valence-electron chi connectivity index (χ2n) is 9.92. The number of aromatic nitrogens is 5. The maximum atomic E-state index is 5.32. The number of thiazole rings is 1. The van der Waals surface area contributed by atoms with Gasteiger partial charge in [0.05, 0.1) is 29.9 Å². The SMILES string of the molecule is COc1ccc(Cn2nnnc2C(c2ccc(N(C)C)cc2)N2CCN(c3nc4ccccc4s3)CC2)cc1. The zero-order valence-corrected chi connectivity index (χ0v) is 23.3. The number of hydrogen-bond acceptors (Lipinski definition) is 9.